The van der Waals surface area contributed by atoms with Crippen LogP contribution in [0.25, 0.3) is 11.6 Å². The maximum absolute atomic E-state index is 11.4. The van der Waals surface area contributed by atoms with Crippen molar-refractivity contribution >= 4 is 29.0 Å². The number of rotatable bonds is 6. The van der Waals surface area contributed by atoms with E-state index in [1.54, 1.807) is 6.08 Å². The summed E-state index contributed by atoms with van der Waals surface area (Å²) in [6.45, 7) is 2.70. The third kappa shape index (κ3) is 3.71. The van der Waals surface area contributed by atoms with Gasteiger partial charge in [0.05, 0.1) is 12.2 Å². The lowest BCUT2D eigenvalue weighted by Gasteiger charge is -2.05. The molecule has 2 aromatic rings. The first-order chi connectivity index (χ1) is 9.70. The molecule has 0 aliphatic heterocycles. The zero-order valence-electron chi connectivity index (χ0n) is 11.2. The van der Waals surface area contributed by atoms with E-state index in [1.807, 2.05) is 48.7 Å². The van der Waals surface area contributed by atoms with E-state index in [0.29, 0.717) is 12.2 Å². The Hall–Kier alpha value is -2.07. The highest BCUT2D eigenvalue weighted by Gasteiger charge is 2.11. The summed E-state index contributed by atoms with van der Waals surface area (Å²) in [5, 5.41) is 11.2. The normalized spacial score (nSPS) is 11.3. The van der Waals surface area contributed by atoms with Crippen molar-refractivity contribution in [2.45, 2.75) is 13.3 Å². The molecule has 0 saturated carbocycles. The molecule has 1 N–H and O–H groups in total. The minimum Gasteiger partial charge on any atom is -0.494 e. The minimum atomic E-state index is -0.924. The first-order valence-corrected chi connectivity index (χ1v) is 7.30. The average Bonchev–Trinajstić information content (AvgIpc) is 2.96. The summed E-state index contributed by atoms with van der Waals surface area (Å²) in [7, 11) is 0. The van der Waals surface area contributed by atoms with Crippen molar-refractivity contribution in [2.75, 3.05) is 6.61 Å². The Morgan fingerprint density at radius 2 is 2.20 bits per heavy atom. The number of carbonyl (C=O) groups is 1. The van der Waals surface area contributed by atoms with Crippen molar-refractivity contribution in [2.24, 2.45) is 0 Å². The van der Waals surface area contributed by atoms with Crippen LogP contribution in [0, 0.1) is 0 Å². The Kier molecular flexibility index (Phi) is 4.96. The standard InChI is InChI=1S/C16H16O3S/c1-2-8-19-13-6-3-5-12(10-13)11-14(16(17)18)15-7-4-9-20-15/h3-7,9-11H,2,8H2,1H3,(H,17,18)/b14-11-. The summed E-state index contributed by atoms with van der Waals surface area (Å²) >= 11 is 1.42. The van der Waals surface area contributed by atoms with Crippen LogP contribution in [0.3, 0.4) is 0 Å². The van der Waals surface area contributed by atoms with Gasteiger partial charge in [-0.15, -0.1) is 11.3 Å². The smallest absolute Gasteiger partial charge is 0.337 e. The van der Waals surface area contributed by atoms with Gasteiger partial charge in [0.25, 0.3) is 0 Å². The highest BCUT2D eigenvalue weighted by Crippen LogP contribution is 2.24. The summed E-state index contributed by atoms with van der Waals surface area (Å²) in [6, 6.07) is 11.1. The summed E-state index contributed by atoms with van der Waals surface area (Å²) in [6.07, 6.45) is 2.61. The van der Waals surface area contributed by atoms with E-state index in [1.165, 1.54) is 11.3 Å². The van der Waals surface area contributed by atoms with Crippen LogP contribution in [0.5, 0.6) is 5.75 Å². The Morgan fingerprint density at radius 3 is 2.85 bits per heavy atom. The van der Waals surface area contributed by atoms with Crippen LogP contribution in [0.4, 0.5) is 0 Å². The second kappa shape index (κ2) is 6.91. The molecule has 20 heavy (non-hydrogen) atoms. The average molecular weight is 288 g/mol. The molecule has 3 nitrogen and oxygen atoms in total. The highest BCUT2D eigenvalue weighted by atomic mass is 32.1. The molecule has 0 amide bonds. The molecule has 0 bridgehead atoms. The van der Waals surface area contributed by atoms with Crippen LogP contribution in [-0.4, -0.2) is 17.7 Å². The third-order valence-corrected chi connectivity index (χ3v) is 3.56. The van der Waals surface area contributed by atoms with Crippen molar-refractivity contribution < 1.29 is 14.6 Å². The van der Waals surface area contributed by atoms with Crippen molar-refractivity contribution in [1.82, 2.24) is 0 Å². The molecule has 4 heteroatoms. The van der Waals surface area contributed by atoms with Gasteiger partial charge in [0.15, 0.2) is 0 Å². The Bertz CT molecular complexity index is 600. The van der Waals surface area contributed by atoms with Gasteiger partial charge in [0.2, 0.25) is 0 Å². The monoisotopic (exact) mass is 288 g/mol. The van der Waals surface area contributed by atoms with Gasteiger partial charge in [-0.2, -0.15) is 0 Å². The Balaban J connectivity index is 2.29. The van der Waals surface area contributed by atoms with Crippen LogP contribution in [0.2, 0.25) is 0 Å². The second-order valence-electron chi connectivity index (χ2n) is 4.26. The molecule has 0 radical (unpaired) electrons. The van der Waals surface area contributed by atoms with E-state index in [4.69, 9.17) is 4.74 Å². The topological polar surface area (TPSA) is 46.5 Å². The molecule has 0 spiro atoms. The van der Waals surface area contributed by atoms with Crippen LogP contribution in [0.1, 0.15) is 23.8 Å². The maximum Gasteiger partial charge on any atom is 0.337 e. The fraction of sp³-hybridized carbons (Fsp3) is 0.188. The van der Waals surface area contributed by atoms with Gasteiger partial charge in [-0.05, 0) is 41.6 Å². The predicted molar refractivity (Wildman–Crippen MR) is 82.1 cm³/mol. The summed E-state index contributed by atoms with van der Waals surface area (Å²) in [4.78, 5) is 12.1. The molecule has 1 heterocycles. The number of aliphatic carboxylic acids is 1. The predicted octanol–water partition coefficient (Wildman–Crippen LogP) is 4.16. The van der Waals surface area contributed by atoms with Crippen LogP contribution >= 0.6 is 11.3 Å². The molecule has 0 aliphatic carbocycles. The van der Waals surface area contributed by atoms with Gasteiger partial charge >= 0.3 is 5.97 Å². The quantitative estimate of drug-likeness (QED) is 0.812. The van der Waals surface area contributed by atoms with E-state index in [2.05, 4.69) is 0 Å². The SMILES string of the molecule is CCCOc1cccc(/C=C(\C(=O)O)c2cccs2)c1. The van der Waals surface area contributed by atoms with Crippen molar-refractivity contribution in [3.8, 4) is 5.75 Å². The van der Waals surface area contributed by atoms with Crippen molar-refractivity contribution in [3.05, 3.63) is 52.2 Å². The maximum atomic E-state index is 11.4. The molecule has 104 valence electrons. The molecule has 1 aromatic heterocycles. The molecule has 0 atom stereocenters. The van der Waals surface area contributed by atoms with E-state index in [-0.39, 0.29) is 0 Å². The van der Waals surface area contributed by atoms with E-state index in [0.717, 1.165) is 22.6 Å². The zero-order valence-corrected chi connectivity index (χ0v) is 12.0. The lowest BCUT2D eigenvalue weighted by molar-refractivity contribution is -0.130. The van der Waals surface area contributed by atoms with Gasteiger partial charge in [-0.3, -0.25) is 0 Å². The summed E-state index contributed by atoms with van der Waals surface area (Å²) in [5.41, 5.74) is 1.12. The minimum absolute atomic E-state index is 0.299. The molecular formula is C16H16O3S. The number of carboxylic acid groups (broad SMARTS) is 1. The molecule has 1 aromatic carbocycles. The lowest BCUT2D eigenvalue weighted by atomic mass is 10.1. The van der Waals surface area contributed by atoms with Crippen LogP contribution in [-0.2, 0) is 4.79 Å². The molecule has 0 saturated heterocycles. The summed E-state index contributed by atoms with van der Waals surface area (Å²) < 4.78 is 5.55. The van der Waals surface area contributed by atoms with Crippen molar-refractivity contribution in [1.29, 1.82) is 0 Å². The van der Waals surface area contributed by atoms with E-state index >= 15 is 0 Å². The third-order valence-electron chi connectivity index (χ3n) is 2.66. The zero-order chi connectivity index (χ0) is 14.4. The molecule has 0 unspecified atom stereocenters. The first kappa shape index (κ1) is 14.3. The van der Waals surface area contributed by atoms with Gasteiger partial charge in [0.1, 0.15) is 5.75 Å². The van der Waals surface area contributed by atoms with Gasteiger partial charge in [-0.1, -0.05) is 25.1 Å². The first-order valence-electron chi connectivity index (χ1n) is 6.42. The van der Waals surface area contributed by atoms with Crippen LogP contribution < -0.4 is 4.74 Å². The largest absolute Gasteiger partial charge is 0.494 e. The second-order valence-corrected chi connectivity index (χ2v) is 5.21. The lowest BCUT2D eigenvalue weighted by Crippen LogP contribution is -1.98. The summed E-state index contributed by atoms with van der Waals surface area (Å²) in [5.74, 6) is -0.163. The van der Waals surface area contributed by atoms with Crippen molar-refractivity contribution in [3.63, 3.8) is 0 Å². The Morgan fingerprint density at radius 1 is 1.35 bits per heavy atom. The number of ether oxygens (including phenoxy) is 1. The Labute approximate surface area is 122 Å². The number of benzene rings is 1. The van der Waals surface area contributed by atoms with E-state index < -0.39 is 5.97 Å². The molecular weight excluding hydrogens is 272 g/mol. The molecule has 0 fully saturated rings. The van der Waals surface area contributed by atoms with Gasteiger partial charge in [0, 0.05) is 4.88 Å². The molecule has 2 rings (SSSR count). The van der Waals surface area contributed by atoms with Gasteiger partial charge in [-0.25, -0.2) is 4.79 Å². The van der Waals surface area contributed by atoms with Crippen LogP contribution in [0.15, 0.2) is 41.8 Å². The fourth-order valence-corrected chi connectivity index (χ4v) is 2.48. The van der Waals surface area contributed by atoms with E-state index in [9.17, 15) is 9.90 Å². The fourth-order valence-electron chi connectivity index (χ4n) is 1.75. The number of thiophene rings is 1. The highest BCUT2D eigenvalue weighted by molar-refractivity contribution is 7.11. The number of carboxylic acids is 1. The molecule has 0 aliphatic rings. The number of hydrogen-bond acceptors (Lipinski definition) is 3. The van der Waals surface area contributed by atoms with Gasteiger partial charge < -0.3 is 9.84 Å². The number of hydrogen-bond donors (Lipinski definition) is 1.